The van der Waals surface area contributed by atoms with Gasteiger partial charge in [-0.15, -0.1) is 11.6 Å². The molecule has 0 nitrogen and oxygen atoms in total. The first-order valence-corrected chi connectivity index (χ1v) is 6.22. The number of halogens is 3. The lowest BCUT2D eigenvalue weighted by molar-refractivity contribution is 0.580. The molecule has 0 N–H and O–H groups in total. The van der Waals surface area contributed by atoms with Crippen LogP contribution in [-0.2, 0) is 6.42 Å². The first-order valence-electron chi connectivity index (χ1n) is 5.79. The van der Waals surface area contributed by atoms with Crippen LogP contribution in [0.25, 0.3) is 0 Å². The molecule has 0 heterocycles. The molecule has 0 amide bonds. The van der Waals surface area contributed by atoms with Crippen molar-refractivity contribution >= 4 is 11.6 Å². The number of alkyl halides is 1. The lowest BCUT2D eigenvalue weighted by Gasteiger charge is -2.11. The molecule has 1 atom stereocenters. The Balaban J connectivity index is 2.31. The minimum absolute atomic E-state index is 0.429. The van der Waals surface area contributed by atoms with Crippen LogP contribution < -0.4 is 0 Å². The largest absolute Gasteiger partial charge is 0.207 e. The molecule has 0 radical (unpaired) electrons. The van der Waals surface area contributed by atoms with E-state index in [-0.39, 0.29) is 0 Å². The van der Waals surface area contributed by atoms with Gasteiger partial charge in [-0.3, -0.25) is 0 Å². The summed E-state index contributed by atoms with van der Waals surface area (Å²) in [4.78, 5) is 0. The van der Waals surface area contributed by atoms with Crippen LogP contribution in [0.2, 0.25) is 0 Å². The summed E-state index contributed by atoms with van der Waals surface area (Å²) in [5.74, 6) is -1.22. The van der Waals surface area contributed by atoms with E-state index in [1.807, 2.05) is 24.3 Å². The molecular weight excluding hydrogens is 254 g/mol. The molecule has 1 unspecified atom stereocenters. The SMILES string of the molecule is CCc1ccc(C(Cl)c2cc(F)cc(F)c2)cc1. The molecule has 0 aliphatic rings. The predicted octanol–water partition coefficient (Wildman–Crippen LogP) is 4.86. The topological polar surface area (TPSA) is 0 Å². The van der Waals surface area contributed by atoms with E-state index < -0.39 is 17.0 Å². The molecule has 18 heavy (non-hydrogen) atoms. The van der Waals surface area contributed by atoms with E-state index in [0.717, 1.165) is 18.1 Å². The molecule has 0 saturated carbocycles. The zero-order valence-corrected chi connectivity index (χ0v) is 10.7. The van der Waals surface area contributed by atoms with E-state index in [1.54, 1.807) is 0 Å². The van der Waals surface area contributed by atoms with E-state index >= 15 is 0 Å². The van der Waals surface area contributed by atoms with E-state index in [1.165, 1.54) is 17.7 Å². The molecule has 0 fully saturated rings. The van der Waals surface area contributed by atoms with Crippen molar-refractivity contribution in [2.75, 3.05) is 0 Å². The van der Waals surface area contributed by atoms with Crippen molar-refractivity contribution in [1.29, 1.82) is 0 Å². The number of hydrogen-bond donors (Lipinski definition) is 0. The molecule has 2 aromatic rings. The maximum Gasteiger partial charge on any atom is 0.126 e. The summed E-state index contributed by atoms with van der Waals surface area (Å²) in [5, 5.41) is -0.541. The summed E-state index contributed by atoms with van der Waals surface area (Å²) < 4.78 is 26.2. The van der Waals surface area contributed by atoms with Crippen molar-refractivity contribution in [2.45, 2.75) is 18.7 Å². The van der Waals surface area contributed by atoms with Crippen molar-refractivity contribution < 1.29 is 8.78 Å². The molecule has 2 rings (SSSR count). The fourth-order valence-electron chi connectivity index (χ4n) is 1.84. The van der Waals surface area contributed by atoms with Crippen LogP contribution >= 0.6 is 11.6 Å². The van der Waals surface area contributed by atoms with Crippen LogP contribution in [0.5, 0.6) is 0 Å². The summed E-state index contributed by atoms with van der Waals surface area (Å²) in [7, 11) is 0. The van der Waals surface area contributed by atoms with Crippen molar-refractivity contribution in [3.63, 3.8) is 0 Å². The Morgan fingerprint density at radius 2 is 1.50 bits per heavy atom. The molecule has 0 aromatic heterocycles. The van der Waals surface area contributed by atoms with Crippen LogP contribution in [0, 0.1) is 11.6 Å². The highest BCUT2D eigenvalue weighted by Gasteiger charge is 2.13. The summed E-state index contributed by atoms with van der Waals surface area (Å²) >= 11 is 6.24. The van der Waals surface area contributed by atoms with Gasteiger partial charge < -0.3 is 0 Å². The number of aryl methyl sites for hydroxylation is 1. The monoisotopic (exact) mass is 266 g/mol. The molecule has 0 aliphatic carbocycles. The van der Waals surface area contributed by atoms with Crippen molar-refractivity contribution in [1.82, 2.24) is 0 Å². The molecule has 3 heteroatoms. The molecule has 0 aliphatic heterocycles. The molecule has 2 aromatic carbocycles. The molecule has 0 saturated heterocycles. The van der Waals surface area contributed by atoms with E-state index in [9.17, 15) is 8.78 Å². The van der Waals surface area contributed by atoms with Gasteiger partial charge in [-0.05, 0) is 35.2 Å². The number of hydrogen-bond acceptors (Lipinski definition) is 0. The quantitative estimate of drug-likeness (QED) is 0.696. The van der Waals surface area contributed by atoms with Crippen molar-refractivity contribution in [3.05, 3.63) is 70.8 Å². The first kappa shape index (κ1) is 13.0. The van der Waals surface area contributed by atoms with E-state index in [2.05, 4.69) is 6.92 Å². The lowest BCUT2D eigenvalue weighted by Crippen LogP contribution is -1.96. The number of benzene rings is 2. The van der Waals surface area contributed by atoms with Crippen molar-refractivity contribution in [2.24, 2.45) is 0 Å². The fraction of sp³-hybridized carbons (Fsp3) is 0.200. The second kappa shape index (κ2) is 5.49. The highest BCUT2D eigenvalue weighted by atomic mass is 35.5. The van der Waals surface area contributed by atoms with Gasteiger partial charge in [-0.2, -0.15) is 0 Å². The first-order chi connectivity index (χ1) is 8.60. The van der Waals surface area contributed by atoms with Crippen LogP contribution in [0.4, 0.5) is 8.78 Å². The minimum atomic E-state index is -0.610. The zero-order chi connectivity index (χ0) is 13.1. The zero-order valence-electron chi connectivity index (χ0n) is 9.96. The van der Waals surface area contributed by atoms with Gasteiger partial charge >= 0.3 is 0 Å². The van der Waals surface area contributed by atoms with E-state index in [4.69, 9.17) is 11.6 Å². The average molecular weight is 267 g/mol. The average Bonchev–Trinajstić information content (AvgIpc) is 2.37. The van der Waals surface area contributed by atoms with Crippen molar-refractivity contribution in [3.8, 4) is 0 Å². The molecule has 0 bridgehead atoms. The summed E-state index contributed by atoms with van der Waals surface area (Å²) in [6.45, 7) is 2.06. The summed E-state index contributed by atoms with van der Waals surface area (Å²) in [5.41, 5.74) is 2.46. The summed E-state index contributed by atoms with van der Waals surface area (Å²) in [6.07, 6.45) is 0.946. The maximum absolute atomic E-state index is 13.1. The van der Waals surface area contributed by atoms with Gasteiger partial charge in [0, 0.05) is 6.07 Å². The minimum Gasteiger partial charge on any atom is -0.207 e. The van der Waals surface area contributed by atoms with Crippen LogP contribution in [0.3, 0.4) is 0 Å². The van der Waals surface area contributed by atoms with Crippen LogP contribution in [-0.4, -0.2) is 0 Å². The summed E-state index contributed by atoms with van der Waals surface area (Å²) in [6, 6.07) is 11.1. The lowest BCUT2D eigenvalue weighted by atomic mass is 10.0. The third kappa shape index (κ3) is 2.88. The Kier molecular flexibility index (Phi) is 3.97. The van der Waals surface area contributed by atoms with Gasteiger partial charge in [-0.25, -0.2) is 8.78 Å². The second-order valence-electron chi connectivity index (χ2n) is 4.16. The number of rotatable bonds is 3. The van der Waals surface area contributed by atoms with E-state index in [0.29, 0.717) is 5.56 Å². The van der Waals surface area contributed by atoms with Gasteiger partial charge in [0.1, 0.15) is 11.6 Å². The van der Waals surface area contributed by atoms with Crippen LogP contribution in [0.1, 0.15) is 29.0 Å². The second-order valence-corrected chi connectivity index (χ2v) is 4.60. The Labute approximate surface area is 110 Å². The van der Waals surface area contributed by atoms with Gasteiger partial charge in [0.25, 0.3) is 0 Å². The fourth-order valence-corrected chi connectivity index (χ4v) is 2.11. The van der Waals surface area contributed by atoms with Gasteiger partial charge in [0.15, 0.2) is 0 Å². The van der Waals surface area contributed by atoms with Gasteiger partial charge in [-0.1, -0.05) is 31.2 Å². The van der Waals surface area contributed by atoms with Gasteiger partial charge in [0.2, 0.25) is 0 Å². The third-order valence-corrected chi connectivity index (χ3v) is 3.36. The Morgan fingerprint density at radius 3 is 2.00 bits per heavy atom. The molecule has 0 spiro atoms. The smallest absolute Gasteiger partial charge is 0.126 e. The highest BCUT2D eigenvalue weighted by Crippen LogP contribution is 2.29. The standard InChI is InChI=1S/C15H13ClF2/c1-2-10-3-5-11(6-4-10)15(16)12-7-13(17)9-14(18)8-12/h3-9,15H,2H2,1H3. The molecule has 94 valence electrons. The predicted molar refractivity (Wildman–Crippen MR) is 69.9 cm³/mol. The Bertz CT molecular complexity index is 514. The van der Waals surface area contributed by atoms with Crippen LogP contribution in [0.15, 0.2) is 42.5 Å². The normalized spacial score (nSPS) is 12.4. The third-order valence-electron chi connectivity index (χ3n) is 2.86. The van der Waals surface area contributed by atoms with Gasteiger partial charge in [0.05, 0.1) is 5.38 Å². The Morgan fingerprint density at radius 1 is 0.944 bits per heavy atom. The Hall–Kier alpha value is -1.41. The highest BCUT2D eigenvalue weighted by molar-refractivity contribution is 6.22. The molecular formula is C15H13ClF2. The maximum atomic E-state index is 13.1.